The molecule has 4 aromatic carbocycles. The van der Waals surface area contributed by atoms with Crippen LogP contribution in [0.3, 0.4) is 0 Å². The lowest BCUT2D eigenvalue weighted by atomic mass is 9.77. The second-order valence-corrected chi connectivity index (χ2v) is 17.6. The van der Waals surface area contributed by atoms with E-state index in [0.29, 0.717) is 23.7 Å². The van der Waals surface area contributed by atoms with Crippen molar-refractivity contribution < 1.29 is 4.58 Å². The van der Waals surface area contributed by atoms with Gasteiger partial charge in [0.2, 0.25) is 5.69 Å². The van der Waals surface area contributed by atoms with Crippen LogP contribution in [0, 0.1) is 0 Å². The van der Waals surface area contributed by atoms with Crippen LogP contribution in [0.5, 0.6) is 0 Å². The SMILES string of the molecule is C=C(C)CC(C)(C=Nc1c(C(C)C)cccc1C(C)C)c1ccccc1.CC(C)c1cccc(C(C)C)c1[N+]1=CC(C)(c2ccccc2)CC1(C)C. The number of allylic oxidation sites excluding steroid dienone is 1. The van der Waals surface area contributed by atoms with Crippen molar-refractivity contribution in [2.75, 3.05) is 0 Å². The van der Waals surface area contributed by atoms with Crippen LogP contribution in [0.1, 0.15) is 160 Å². The lowest BCUT2D eigenvalue weighted by Gasteiger charge is -2.27. The van der Waals surface area contributed by atoms with Gasteiger partial charge in [0.1, 0.15) is 0 Å². The molecule has 2 nitrogen and oxygen atoms in total. The zero-order valence-corrected chi connectivity index (χ0v) is 34.7. The van der Waals surface area contributed by atoms with E-state index < -0.39 is 0 Å². The Balaban J connectivity index is 0.000000233. The standard InChI is InChI=1S/C25H34N.C25H33N/c1-18(2)21-14-11-15-22(19(3)4)23(21)26-17-25(7,16-24(26,5)6)20-12-9-8-10-13-20;1-18(2)16-25(7,21-12-9-8-10-13-21)17-26-24-22(19(3)4)14-11-15-23(24)20(5)6/h8-15,17-19H,16H2,1-7H3;8-15,17,19-20H,1,16H2,2-7H3/q+1;. The van der Waals surface area contributed by atoms with Gasteiger partial charge in [-0.15, -0.1) is 6.58 Å². The van der Waals surface area contributed by atoms with Crippen molar-refractivity contribution in [2.45, 2.75) is 143 Å². The molecular weight excluding hydrogens is 629 g/mol. The van der Waals surface area contributed by atoms with Crippen molar-refractivity contribution in [3.05, 3.63) is 143 Å². The summed E-state index contributed by atoms with van der Waals surface area (Å²) in [5, 5.41) is 0. The first kappa shape index (κ1) is 40.7. The Morgan fingerprint density at radius 2 is 1.13 bits per heavy atom. The Morgan fingerprint density at radius 3 is 1.58 bits per heavy atom. The highest BCUT2D eigenvalue weighted by Crippen LogP contribution is 2.45. The van der Waals surface area contributed by atoms with Gasteiger partial charge in [0.25, 0.3) is 0 Å². The van der Waals surface area contributed by atoms with Crippen LogP contribution in [-0.2, 0) is 10.8 Å². The normalized spacial score (nSPS) is 18.1. The van der Waals surface area contributed by atoms with Crippen molar-refractivity contribution in [1.29, 1.82) is 0 Å². The summed E-state index contributed by atoms with van der Waals surface area (Å²) in [7, 11) is 0. The molecule has 4 aromatic rings. The van der Waals surface area contributed by atoms with Crippen molar-refractivity contribution in [2.24, 2.45) is 4.99 Å². The lowest BCUT2D eigenvalue weighted by molar-refractivity contribution is -0.513. The molecule has 5 rings (SSSR count). The molecule has 0 radical (unpaired) electrons. The molecule has 0 saturated carbocycles. The van der Waals surface area contributed by atoms with Crippen LogP contribution in [0.2, 0.25) is 0 Å². The van der Waals surface area contributed by atoms with E-state index in [9.17, 15) is 0 Å². The molecular formula is C50H67N2+. The van der Waals surface area contributed by atoms with Gasteiger partial charge in [-0.1, -0.05) is 165 Å². The van der Waals surface area contributed by atoms with Gasteiger partial charge in [-0.05, 0) is 66.2 Å². The zero-order chi connectivity index (χ0) is 38.4. The largest absolute Gasteiger partial charge is 0.260 e. The average Bonchev–Trinajstić information content (AvgIpc) is 3.36. The maximum Gasteiger partial charge on any atom is 0.212 e. The molecule has 1 aliphatic heterocycles. The highest BCUT2D eigenvalue weighted by molar-refractivity contribution is 5.78. The van der Waals surface area contributed by atoms with Crippen molar-refractivity contribution >= 4 is 23.8 Å². The molecule has 52 heavy (non-hydrogen) atoms. The van der Waals surface area contributed by atoms with E-state index in [4.69, 9.17) is 4.99 Å². The van der Waals surface area contributed by atoms with Gasteiger partial charge in [0.05, 0.1) is 11.1 Å². The second kappa shape index (κ2) is 16.7. The van der Waals surface area contributed by atoms with Crippen molar-refractivity contribution in [3.63, 3.8) is 0 Å². The predicted molar refractivity (Wildman–Crippen MR) is 229 cm³/mol. The highest BCUT2D eigenvalue weighted by atomic mass is 15.1. The molecule has 2 atom stereocenters. The summed E-state index contributed by atoms with van der Waals surface area (Å²) < 4.78 is 2.59. The fourth-order valence-corrected chi connectivity index (χ4v) is 8.18. The van der Waals surface area contributed by atoms with Crippen LogP contribution < -0.4 is 0 Å². The molecule has 0 aromatic heterocycles. The topological polar surface area (TPSA) is 15.4 Å². The Morgan fingerprint density at radius 1 is 0.692 bits per heavy atom. The first-order valence-electron chi connectivity index (χ1n) is 19.6. The third-order valence-electron chi connectivity index (χ3n) is 10.8. The Kier molecular flexibility index (Phi) is 13.1. The van der Waals surface area contributed by atoms with Crippen LogP contribution in [0.4, 0.5) is 11.4 Å². The summed E-state index contributed by atoms with van der Waals surface area (Å²) in [6.45, 7) is 33.9. The van der Waals surface area contributed by atoms with E-state index in [-0.39, 0.29) is 16.4 Å². The van der Waals surface area contributed by atoms with E-state index in [1.54, 1.807) is 0 Å². The minimum Gasteiger partial charge on any atom is -0.260 e. The quantitative estimate of drug-likeness (QED) is 0.0843. The second-order valence-electron chi connectivity index (χ2n) is 17.6. The number of hydrogen-bond donors (Lipinski definition) is 0. The van der Waals surface area contributed by atoms with Crippen LogP contribution in [0.25, 0.3) is 0 Å². The molecule has 0 aliphatic carbocycles. The zero-order valence-electron chi connectivity index (χ0n) is 34.7. The third-order valence-corrected chi connectivity index (χ3v) is 10.8. The lowest BCUT2D eigenvalue weighted by Crippen LogP contribution is -2.31. The molecule has 2 heteroatoms. The molecule has 1 aliphatic rings. The number of nitrogens with zero attached hydrogens (tertiary/aromatic N) is 2. The minimum atomic E-state index is -0.161. The molecule has 276 valence electrons. The molecule has 0 bridgehead atoms. The van der Waals surface area contributed by atoms with Gasteiger partial charge in [-0.3, -0.25) is 4.99 Å². The monoisotopic (exact) mass is 696 g/mol. The predicted octanol–water partition coefficient (Wildman–Crippen LogP) is 14.3. The molecule has 0 saturated heterocycles. The summed E-state index contributed by atoms with van der Waals surface area (Å²) >= 11 is 0. The Labute approximate surface area is 317 Å². The van der Waals surface area contributed by atoms with E-state index in [1.165, 1.54) is 44.6 Å². The van der Waals surface area contributed by atoms with Crippen LogP contribution >= 0.6 is 0 Å². The summed E-state index contributed by atoms with van der Waals surface area (Å²) in [6, 6.07) is 35.0. The summed E-state index contributed by atoms with van der Waals surface area (Å²) in [4.78, 5) is 5.08. The summed E-state index contributed by atoms with van der Waals surface area (Å²) in [6.07, 6.45) is 6.65. The van der Waals surface area contributed by atoms with Gasteiger partial charge >= 0.3 is 0 Å². The Bertz CT molecular complexity index is 1800. The third kappa shape index (κ3) is 9.30. The average molecular weight is 696 g/mol. The first-order valence-corrected chi connectivity index (χ1v) is 19.6. The number of para-hydroxylation sites is 2. The molecule has 0 amide bonds. The summed E-state index contributed by atoms with van der Waals surface area (Å²) in [5.74, 6) is 1.92. The number of benzene rings is 4. The van der Waals surface area contributed by atoms with E-state index in [1.807, 2.05) is 0 Å². The fraction of sp³-hybridized carbons (Fsp3) is 0.440. The molecule has 2 unspecified atom stereocenters. The van der Waals surface area contributed by atoms with Crippen LogP contribution in [0.15, 0.2) is 114 Å². The summed E-state index contributed by atoms with van der Waals surface area (Å²) in [5.41, 5.74) is 12.0. The van der Waals surface area contributed by atoms with Crippen LogP contribution in [-0.4, -0.2) is 22.5 Å². The number of aliphatic imine (C=N–C) groups is 1. The minimum absolute atomic E-state index is 0.0586. The Hall–Kier alpha value is -4.04. The van der Waals surface area contributed by atoms with E-state index in [2.05, 4.69) is 211 Å². The number of hydrogen-bond acceptors (Lipinski definition) is 1. The van der Waals surface area contributed by atoms with E-state index in [0.717, 1.165) is 18.5 Å². The molecule has 0 N–H and O–H groups in total. The molecule has 0 spiro atoms. The van der Waals surface area contributed by atoms with Crippen molar-refractivity contribution in [3.8, 4) is 0 Å². The van der Waals surface area contributed by atoms with E-state index >= 15 is 0 Å². The maximum absolute atomic E-state index is 5.08. The van der Waals surface area contributed by atoms with Gasteiger partial charge in [-0.2, -0.15) is 4.58 Å². The van der Waals surface area contributed by atoms with Gasteiger partial charge < -0.3 is 0 Å². The number of rotatable bonds is 11. The maximum atomic E-state index is 5.08. The fourth-order valence-electron chi connectivity index (χ4n) is 8.18. The highest BCUT2D eigenvalue weighted by Gasteiger charge is 2.50. The smallest absolute Gasteiger partial charge is 0.212 e. The first-order chi connectivity index (χ1) is 24.4. The molecule has 1 heterocycles. The van der Waals surface area contributed by atoms with Gasteiger partial charge in [0, 0.05) is 43.0 Å². The van der Waals surface area contributed by atoms with Gasteiger partial charge in [-0.25, -0.2) is 0 Å². The molecule has 0 fully saturated rings. The van der Waals surface area contributed by atoms with Crippen molar-refractivity contribution in [1.82, 2.24) is 0 Å². The van der Waals surface area contributed by atoms with Gasteiger partial charge in [0.15, 0.2) is 11.8 Å².